The van der Waals surface area contributed by atoms with Gasteiger partial charge >= 0.3 is 0 Å². The smallest absolute Gasteiger partial charge is 0.257 e. The molecule has 0 aliphatic carbocycles. The first-order valence-electron chi connectivity index (χ1n) is 7.52. The van der Waals surface area contributed by atoms with Gasteiger partial charge in [-0.25, -0.2) is 8.78 Å². The highest BCUT2D eigenvalue weighted by molar-refractivity contribution is 5.83. The second-order valence-electron chi connectivity index (χ2n) is 5.35. The minimum atomic E-state index is -0.417. The molecule has 0 bridgehead atoms. The number of halogens is 2. The molecule has 0 radical (unpaired) electrons. The van der Waals surface area contributed by atoms with Crippen molar-refractivity contribution in [2.24, 2.45) is 0 Å². The van der Waals surface area contributed by atoms with Gasteiger partial charge in [-0.2, -0.15) is 0 Å². The molecule has 3 rings (SSSR count). The number of fused-ring (bicyclic) bond motifs is 1. The largest absolute Gasteiger partial charge is 0.484 e. The standard InChI is InChI=1S/C18H16F2N2O2/c19-13-2-1-3-15(8-13)24-11-18(23)21-7-6-12-10-22-17-5-4-14(20)9-16(12)17/h1-5,8-10,22H,6-7,11H2,(H,21,23). The summed E-state index contributed by atoms with van der Waals surface area (Å²) in [5, 5.41) is 3.53. The van der Waals surface area contributed by atoms with Crippen LogP contribution >= 0.6 is 0 Å². The molecule has 0 atom stereocenters. The highest BCUT2D eigenvalue weighted by atomic mass is 19.1. The molecular formula is C18H16F2N2O2. The van der Waals surface area contributed by atoms with E-state index in [1.54, 1.807) is 18.3 Å². The number of carbonyl (C=O) groups excluding carboxylic acids is 1. The molecule has 3 aromatic rings. The zero-order valence-corrected chi connectivity index (χ0v) is 12.8. The zero-order chi connectivity index (χ0) is 16.9. The number of rotatable bonds is 6. The molecule has 0 unspecified atom stereocenters. The second-order valence-corrected chi connectivity index (χ2v) is 5.35. The first kappa shape index (κ1) is 16.0. The summed E-state index contributed by atoms with van der Waals surface area (Å²) in [7, 11) is 0. The minimum Gasteiger partial charge on any atom is -0.484 e. The monoisotopic (exact) mass is 330 g/mol. The van der Waals surface area contributed by atoms with Gasteiger partial charge in [0, 0.05) is 29.7 Å². The molecule has 6 heteroatoms. The average molecular weight is 330 g/mol. The third kappa shape index (κ3) is 3.90. The quantitative estimate of drug-likeness (QED) is 0.729. The lowest BCUT2D eigenvalue weighted by Gasteiger charge is -2.07. The lowest BCUT2D eigenvalue weighted by molar-refractivity contribution is -0.123. The topological polar surface area (TPSA) is 54.1 Å². The summed E-state index contributed by atoms with van der Waals surface area (Å²) in [6.45, 7) is 0.209. The van der Waals surface area contributed by atoms with Crippen LogP contribution in [0.4, 0.5) is 8.78 Å². The van der Waals surface area contributed by atoms with Gasteiger partial charge in [0.1, 0.15) is 17.4 Å². The lowest BCUT2D eigenvalue weighted by atomic mass is 10.1. The first-order valence-corrected chi connectivity index (χ1v) is 7.52. The van der Waals surface area contributed by atoms with Crippen molar-refractivity contribution in [3.05, 3.63) is 65.9 Å². The average Bonchev–Trinajstić information content (AvgIpc) is 2.95. The van der Waals surface area contributed by atoms with Crippen molar-refractivity contribution >= 4 is 16.8 Å². The Morgan fingerprint density at radius 1 is 1.12 bits per heavy atom. The molecular weight excluding hydrogens is 314 g/mol. The second kappa shape index (κ2) is 7.12. The van der Waals surface area contributed by atoms with E-state index < -0.39 is 5.82 Å². The fourth-order valence-electron chi connectivity index (χ4n) is 2.45. The molecule has 0 aliphatic rings. The Bertz CT molecular complexity index is 861. The molecule has 1 heterocycles. The van der Waals surface area contributed by atoms with E-state index in [9.17, 15) is 13.6 Å². The van der Waals surface area contributed by atoms with Gasteiger partial charge in [0.15, 0.2) is 6.61 Å². The van der Waals surface area contributed by atoms with Gasteiger partial charge in [0.25, 0.3) is 5.91 Å². The number of H-pyrrole nitrogens is 1. The van der Waals surface area contributed by atoms with Crippen LogP contribution in [-0.4, -0.2) is 24.0 Å². The maximum Gasteiger partial charge on any atom is 0.257 e. The Labute approximate surface area is 137 Å². The number of aromatic amines is 1. The van der Waals surface area contributed by atoms with Crippen LogP contribution in [0.15, 0.2) is 48.7 Å². The normalized spacial score (nSPS) is 10.8. The maximum absolute atomic E-state index is 13.3. The lowest BCUT2D eigenvalue weighted by Crippen LogP contribution is -2.30. The molecule has 0 fully saturated rings. The van der Waals surface area contributed by atoms with Crippen LogP contribution in [0.1, 0.15) is 5.56 Å². The van der Waals surface area contributed by atoms with E-state index in [0.29, 0.717) is 18.7 Å². The van der Waals surface area contributed by atoms with Crippen LogP contribution in [0.2, 0.25) is 0 Å². The van der Waals surface area contributed by atoms with Crippen molar-refractivity contribution in [3.63, 3.8) is 0 Å². The number of amides is 1. The Morgan fingerprint density at radius 3 is 2.79 bits per heavy atom. The van der Waals surface area contributed by atoms with Gasteiger partial charge in [0.05, 0.1) is 0 Å². The number of aromatic nitrogens is 1. The highest BCUT2D eigenvalue weighted by Gasteiger charge is 2.07. The van der Waals surface area contributed by atoms with E-state index in [1.165, 1.54) is 30.3 Å². The first-order chi connectivity index (χ1) is 11.6. The third-order valence-electron chi connectivity index (χ3n) is 3.61. The summed E-state index contributed by atoms with van der Waals surface area (Å²) in [6, 6.07) is 10.2. The molecule has 1 amide bonds. The van der Waals surface area contributed by atoms with Gasteiger partial charge in [-0.05, 0) is 42.3 Å². The van der Waals surface area contributed by atoms with Crippen LogP contribution in [-0.2, 0) is 11.2 Å². The van der Waals surface area contributed by atoms with Crippen molar-refractivity contribution in [1.29, 1.82) is 0 Å². The predicted molar refractivity (Wildman–Crippen MR) is 86.9 cm³/mol. The van der Waals surface area contributed by atoms with Crippen LogP contribution in [0.25, 0.3) is 10.9 Å². The van der Waals surface area contributed by atoms with E-state index in [4.69, 9.17) is 4.74 Å². The fraction of sp³-hybridized carbons (Fsp3) is 0.167. The Kier molecular flexibility index (Phi) is 4.74. The van der Waals surface area contributed by atoms with Crippen molar-refractivity contribution in [2.75, 3.05) is 13.2 Å². The van der Waals surface area contributed by atoms with E-state index in [0.717, 1.165) is 16.5 Å². The van der Waals surface area contributed by atoms with Gasteiger partial charge in [-0.1, -0.05) is 6.07 Å². The van der Waals surface area contributed by atoms with Crippen molar-refractivity contribution in [2.45, 2.75) is 6.42 Å². The van der Waals surface area contributed by atoms with Crippen LogP contribution in [0.5, 0.6) is 5.75 Å². The molecule has 124 valence electrons. The predicted octanol–water partition coefficient (Wildman–Crippen LogP) is 3.18. The Balaban J connectivity index is 1.48. The van der Waals surface area contributed by atoms with E-state index in [-0.39, 0.29) is 18.3 Å². The fourth-order valence-corrected chi connectivity index (χ4v) is 2.45. The van der Waals surface area contributed by atoms with E-state index in [1.807, 2.05) is 0 Å². The van der Waals surface area contributed by atoms with Crippen LogP contribution < -0.4 is 10.1 Å². The summed E-state index contributed by atoms with van der Waals surface area (Å²) < 4.78 is 31.5. The number of benzene rings is 2. The number of nitrogens with one attached hydrogen (secondary N) is 2. The van der Waals surface area contributed by atoms with Gasteiger partial charge < -0.3 is 15.0 Å². The van der Waals surface area contributed by atoms with Gasteiger partial charge in [-0.15, -0.1) is 0 Å². The molecule has 4 nitrogen and oxygen atoms in total. The number of ether oxygens (including phenoxy) is 1. The van der Waals surface area contributed by atoms with Crippen LogP contribution in [0.3, 0.4) is 0 Å². The summed E-state index contributed by atoms with van der Waals surface area (Å²) in [6.07, 6.45) is 2.37. The zero-order valence-electron chi connectivity index (χ0n) is 12.8. The molecule has 0 saturated heterocycles. The summed E-state index contributed by atoms with van der Waals surface area (Å²) in [5.41, 5.74) is 1.78. The number of carbonyl (C=O) groups is 1. The molecule has 2 N–H and O–H groups in total. The van der Waals surface area contributed by atoms with Gasteiger partial charge in [0.2, 0.25) is 0 Å². The molecule has 0 aliphatic heterocycles. The number of hydrogen-bond donors (Lipinski definition) is 2. The molecule has 2 aromatic carbocycles. The maximum atomic E-state index is 13.3. The van der Waals surface area contributed by atoms with E-state index in [2.05, 4.69) is 10.3 Å². The summed E-state index contributed by atoms with van der Waals surface area (Å²) >= 11 is 0. The molecule has 24 heavy (non-hydrogen) atoms. The molecule has 0 saturated carbocycles. The van der Waals surface area contributed by atoms with E-state index >= 15 is 0 Å². The Hall–Kier alpha value is -2.89. The van der Waals surface area contributed by atoms with Crippen LogP contribution in [0, 0.1) is 11.6 Å². The molecule has 1 aromatic heterocycles. The SMILES string of the molecule is O=C(COc1cccc(F)c1)NCCc1c[nH]c2ccc(F)cc12. The highest BCUT2D eigenvalue weighted by Crippen LogP contribution is 2.19. The molecule has 0 spiro atoms. The van der Waals surface area contributed by atoms with Crippen molar-refractivity contribution < 1.29 is 18.3 Å². The van der Waals surface area contributed by atoms with Crippen molar-refractivity contribution in [1.82, 2.24) is 10.3 Å². The van der Waals surface area contributed by atoms with Gasteiger partial charge in [-0.3, -0.25) is 4.79 Å². The van der Waals surface area contributed by atoms with Crippen molar-refractivity contribution in [3.8, 4) is 5.75 Å². The summed E-state index contributed by atoms with van der Waals surface area (Å²) in [5.74, 6) is -0.710. The Morgan fingerprint density at radius 2 is 1.96 bits per heavy atom. The number of hydrogen-bond acceptors (Lipinski definition) is 2. The summed E-state index contributed by atoms with van der Waals surface area (Å²) in [4.78, 5) is 14.8. The third-order valence-corrected chi connectivity index (χ3v) is 3.61. The minimum absolute atomic E-state index is 0.189.